The minimum Gasteiger partial charge on any atom is -0.357 e. The van der Waals surface area contributed by atoms with Gasteiger partial charge in [0.05, 0.1) is 4.90 Å². The van der Waals surface area contributed by atoms with Gasteiger partial charge in [-0.15, -0.1) is 0 Å². The van der Waals surface area contributed by atoms with Gasteiger partial charge >= 0.3 is 0 Å². The van der Waals surface area contributed by atoms with E-state index >= 15 is 0 Å². The topological polar surface area (TPSA) is 70.6 Å². The number of sulfone groups is 1. The van der Waals surface area contributed by atoms with Gasteiger partial charge in [-0.05, 0) is 43.9 Å². The Morgan fingerprint density at radius 2 is 1.87 bits per heavy atom. The predicted molar refractivity (Wildman–Crippen MR) is 94.6 cm³/mol. The molecule has 1 saturated carbocycles. The Labute approximate surface area is 139 Å². The lowest BCUT2D eigenvalue weighted by atomic mass is 10.1. The number of nitrogens with one attached hydrogen (secondary N) is 2. The number of benzene rings is 1. The van der Waals surface area contributed by atoms with Gasteiger partial charge in [-0.3, -0.25) is 4.99 Å². The second kappa shape index (κ2) is 8.34. The van der Waals surface area contributed by atoms with Crippen molar-refractivity contribution in [1.29, 1.82) is 0 Å². The molecule has 1 aromatic carbocycles. The molecule has 1 fully saturated rings. The summed E-state index contributed by atoms with van der Waals surface area (Å²) in [5.74, 6) is 0.882. The van der Waals surface area contributed by atoms with Gasteiger partial charge in [0.15, 0.2) is 15.8 Å². The van der Waals surface area contributed by atoms with Crippen molar-refractivity contribution in [2.75, 3.05) is 19.3 Å². The van der Waals surface area contributed by atoms with Crippen LogP contribution in [0.15, 0.2) is 34.2 Å². The summed E-state index contributed by atoms with van der Waals surface area (Å²) in [6, 6.07) is 7.60. The third-order valence-corrected chi connectivity index (χ3v) is 5.19. The lowest BCUT2D eigenvalue weighted by Crippen LogP contribution is -2.42. The van der Waals surface area contributed by atoms with Crippen molar-refractivity contribution in [3.63, 3.8) is 0 Å². The Balaban J connectivity index is 1.89. The minimum atomic E-state index is -3.12. The van der Waals surface area contributed by atoms with Crippen molar-refractivity contribution in [2.45, 2.75) is 50.0 Å². The molecule has 0 atom stereocenters. The van der Waals surface area contributed by atoms with Crippen LogP contribution in [0.4, 0.5) is 0 Å². The van der Waals surface area contributed by atoms with Gasteiger partial charge in [0.2, 0.25) is 0 Å². The van der Waals surface area contributed by atoms with Crippen LogP contribution in [0.2, 0.25) is 0 Å². The summed E-state index contributed by atoms with van der Waals surface area (Å²) in [6.45, 7) is 3.59. The molecule has 0 heterocycles. The van der Waals surface area contributed by atoms with Gasteiger partial charge in [0.25, 0.3) is 0 Å². The molecule has 0 amide bonds. The predicted octanol–water partition coefficient (Wildman–Crippen LogP) is 2.13. The van der Waals surface area contributed by atoms with E-state index in [9.17, 15) is 8.42 Å². The van der Waals surface area contributed by atoms with Crippen LogP contribution in [0.5, 0.6) is 0 Å². The molecule has 0 radical (unpaired) electrons. The molecule has 0 saturated heterocycles. The number of rotatable bonds is 6. The molecule has 0 aromatic heterocycles. The second-order valence-electron chi connectivity index (χ2n) is 6.05. The van der Waals surface area contributed by atoms with Crippen LogP contribution >= 0.6 is 0 Å². The molecule has 1 aliphatic rings. The van der Waals surface area contributed by atoms with Crippen molar-refractivity contribution >= 4 is 15.8 Å². The standard InChI is InChI=1S/C17H27N3O2S/c1-3-18-17(20-15-6-4-5-7-15)19-13-12-14-8-10-16(11-9-14)23(2,21)22/h8-11,15H,3-7,12-13H2,1-2H3,(H2,18,19,20). The van der Waals surface area contributed by atoms with Crippen molar-refractivity contribution in [3.8, 4) is 0 Å². The van der Waals surface area contributed by atoms with Crippen LogP contribution < -0.4 is 10.6 Å². The van der Waals surface area contributed by atoms with Gasteiger partial charge in [-0.25, -0.2) is 8.42 Å². The molecule has 2 rings (SSSR count). The number of hydrogen-bond acceptors (Lipinski definition) is 3. The Kier molecular flexibility index (Phi) is 6.45. The zero-order valence-electron chi connectivity index (χ0n) is 14.0. The monoisotopic (exact) mass is 337 g/mol. The number of guanidine groups is 1. The van der Waals surface area contributed by atoms with E-state index in [0.29, 0.717) is 17.5 Å². The lowest BCUT2D eigenvalue weighted by molar-refractivity contribution is 0.602. The zero-order valence-corrected chi connectivity index (χ0v) is 14.8. The maximum Gasteiger partial charge on any atom is 0.191 e. The Morgan fingerprint density at radius 3 is 2.43 bits per heavy atom. The molecule has 0 bridgehead atoms. The van der Waals surface area contributed by atoms with Crippen LogP contribution in [-0.2, 0) is 16.3 Å². The van der Waals surface area contributed by atoms with E-state index in [0.717, 1.165) is 24.5 Å². The van der Waals surface area contributed by atoms with Gasteiger partial charge in [-0.1, -0.05) is 25.0 Å². The number of hydrogen-bond donors (Lipinski definition) is 2. The molecule has 0 spiro atoms. The Hall–Kier alpha value is -1.56. The zero-order chi connectivity index (χ0) is 16.7. The van der Waals surface area contributed by atoms with E-state index in [1.807, 2.05) is 12.1 Å². The van der Waals surface area contributed by atoms with E-state index in [4.69, 9.17) is 0 Å². The fraction of sp³-hybridized carbons (Fsp3) is 0.588. The maximum absolute atomic E-state index is 11.4. The van der Waals surface area contributed by atoms with E-state index in [2.05, 4.69) is 22.5 Å². The summed E-state index contributed by atoms with van der Waals surface area (Å²) < 4.78 is 22.9. The molecule has 2 N–H and O–H groups in total. The van der Waals surface area contributed by atoms with Crippen LogP contribution in [0.3, 0.4) is 0 Å². The molecule has 0 aliphatic heterocycles. The van der Waals surface area contributed by atoms with Crippen molar-refractivity contribution < 1.29 is 8.42 Å². The highest BCUT2D eigenvalue weighted by Gasteiger charge is 2.15. The van der Waals surface area contributed by atoms with E-state index in [-0.39, 0.29) is 0 Å². The SMILES string of the molecule is CCNC(=NCCc1ccc(S(C)(=O)=O)cc1)NC1CCCC1. The molecular weight excluding hydrogens is 310 g/mol. The smallest absolute Gasteiger partial charge is 0.191 e. The Bertz CT molecular complexity index is 618. The average molecular weight is 337 g/mol. The van der Waals surface area contributed by atoms with Crippen molar-refractivity contribution in [3.05, 3.63) is 29.8 Å². The fourth-order valence-corrected chi connectivity index (χ4v) is 3.41. The van der Waals surface area contributed by atoms with Gasteiger partial charge in [0.1, 0.15) is 0 Å². The third kappa shape index (κ3) is 5.86. The molecule has 6 heteroatoms. The lowest BCUT2D eigenvalue weighted by Gasteiger charge is -2.16. The van der Waals surface area contributed by atoms with E-state index < -0.39 is 9.84 Å². The molecular formula is C17H27N3O2S. The summed E-state index contributed by atoms with van der Waals surface area (Å²) in [6.07, 6.45) is 7.05. The highest BCUT2D eigenvalue weighted by atomic mass is 32.2. The fourth-order valence-electron chi connectivity index (χ4n) is 2.78. The summed E-state index contributed by atoms with van der Waals surface area (Å²) in [7, 11) is -3.12. The van der Waals surface area contributed by atoms with Crippen LogP contribution in [0.25, 0.3) is 0 Å². The van der Waals surface area contributed by atoms with E-state index in [1.54, 1.807) is 12.1 Å². The number of aliphatic imine (C=N–C) groups is 1. The minimum absolute atomic E-state index is 0.362. The van der Waals surface area contributed by atoms with Crippen molar-refractivity contribution in [1.82, 2.24) is 10.6 Å². The first-order chi connectivity index (χ1) is 11.0. The third-order valence-electron chi connectivity index (χ3n) is 4.06. The first-order valence-corrected chi connectivity index (χ1v) is 10.2. The second-order valence-corrected chi connectivity index (χ2v) is 8.07. The van der Waals surface area contributed by atoms with E-state index in [1.165, 1.54) is 31.9 Å². The summed E-state index contributed by atoms with van der Waals surface area (Å²) >= 11 is 0. The largest absolute Gasteiger partial charge is 0.357 e. The highest BCUT2D eigenvalue weighted by Crippen LogP contribution is 2.17. The normalized spacial score (nSPS) is 16.5. The molecule has 1 aliphatic carbocycles. The average Bonchev–Trinajstić information content (AvgIpc) is 3.00. The van der Waals surface area contributed by atoms with Crippen molar-refractivity contribution in [2.24, 2.45) is 4.99 Å². The summed E-state index contributed by atoms with van der Waals surface area (Å²) in [5.41, 5.74) is 1.10. The molecule has 23 heavy (non-hydrogen) atoms. The van der Waals surface area contributed by atoms with Crippen LogP contribution in [0.1, 0.15) is 38.2 Å². The summed E-state index contributed by atoms with van der Waals surface area (Å²) in [5, 5.41) is 6.78. The number of nitrogens with zero attached hydrogens (tertiary/aromatic N) is 1. The molecule has 0 unspecified atom stereocenters. The quantitative estimate of drug-likeness (QED) is 0.616. The van der Waals surface area contributed by atoms with Gasteiger partial charge < -0.3 is 10.6 Å². The molecule has 128 valence electrons. The Morgan fingerprint density at radius 1 is 1.22 bits per heavy atom. The van der Waals surface area contributed by atoms with Crippen LogP contribution in [0, 0.1) is 0 Å². The van der Waals surface area contributed by atoms with Gasteiger partial charge in [-0.2, -0.15) is 0 Å². The summed E-state index contributed by atoms with van der Waals surface area (Å²) in [4.78, 5) is 4.98. The first-order valence-electron chi connectivity index (χ1n) is 8.33. The molecule has 5 nitrogen and oxygen atoms in total. The maximum atomic E-state index is 11.4. The first kappa shape index (κ1) is 17.8. The van der Waals surface area contributed by atoms with Crippen LogP contribution in [-0.4, -0.2) is 39.8 Å². The molecule has 1 aromatic rings. The van der Waals surface area contributed by atoms with Gasteiger partial charge in [0, 0.05) is 25.4 Å². The highest BCUT2D eigenvalue weighted by molar-refractivity contribution is 7.90.